The SMILES string of the molecule is C=CCSc1nnc(NC(=O)COc2ccc(C(C)C)c(C)c2)s1. The van der Waals surface area contributed by atoms with E-state index in [1.165, 1.54) is 28.7 Å². The molecular formula is C17H21N3O2S2. The molecule has 2 rings (SSSR count). The topological polar surface area (TPSA) is 64.1 Å². The summed E-state index contributed by atoms with van der Waals surface area (Å²) in [4.78, 5) is 11.9. The highest BCUT2D eigenvalue weighted by Crippen LogP contribution is 2.26. The number of benzene rings is 1. The van der Waals surface area contributed by atoms with Crippen molar-refractivity contribution in [2.24, 2.45) is 0 Å². The minimum Gasteiger partial charge on any atom is -0.484 e. The molecule has 0 aliphatic rings. The first-order chi connectivity index (χ1) is 11.5. The zero-order chi connectivity index (χ0) is 17.5. The van der Waals surface area contributed by atoms with E-state index in [1.54, 1.807) is 6.08 Å². The Morgan fingerprint density at radius 2 is 2.25 bits per heavy atom. The average Bonchev–Trinajstić information content (AvgIpc) is 2.98. The third-order valence-electron chi connectivity index (χ3n) is 3.21. The molecule has 0 atom stereocenters. The molecular weight excluding hydrogens is 342 g/mol. The van der Waals surface area contributed by atoms with E-state index in [9.17, 15) is 4.79 Å². The molecule has 5 nitrogen and oxygen atoms in total. The van der Waals surface area contributed by atoms with Gasteiger partial charge in [0, 0.05) is 5.75 Å². The Morgan fingerprint density at radius 3 is 2.92 bits per heavy atom. The van der Waals surface area contributed by atoms with Crippen molar-refractivity contribution in [3.05, 3.63) is 42.0 Å². The van der Waals surface area contributed by atoms with Crippen LogP contribution in [0.15, 0.2) is 35.2 Å². The third kappa shape index (κ3) is 5.35. The molecule has 1 heterocycles. The number of hydrogen-bond donors (Lipinski definition) is 1. The lowest BCUT2D eigenvalue weighted by Gasteiger charge is -2.12. The molecule has 0 aliphatic carbocycles. The molecule has 2 aromatic rings. The van der Waals surface area contributed by atoms with Gasteiger partial charge in [-0.05, 0) is 36.1 Å². The number of thioether (sulfide) groups is 1. The first kappa shape index (κ1) is 18.5. The average molecular weight is 364 g/mol. The Hall–Kier alpha value is -1.86. The molecule has 0 aliphatic heterocycles. The molecule has 0 fully saturated rings. The maximum atomic E-state index is 11.9. The molecule has 0 bridgehead atoms. The van der Waals surface area contributed by atoms with Crippen LogP contribution < -0.4 is 10.1 Å². The van der Waals surface area contributed by atoms with Crippen molar-refractivity contribution in [2.75, 3.05) is 17.7 Å². The van der Waals surface area contributed by atoms with Crippen LogP contribution in [0.2, 0.25) is 0 Å². The van der Waals surface area contributed by atoms with Crippen molar-refractivity contribution in [1.29, 1.82) is 0 Å². The summed E-state index contributed by atoms with van der Waals surface area (Å²) in [5, 5.41) is 11.1. The third-order valence-corrected chi connectivity index (χ3v) is 5.18. The van der Waals surface area contributed by atoms with Crippen LogP contribution in [0.1, 0.15) is 30.9 Å². The molecule has 7 heteroatoms. The van der Waals surface area contributed by atoms with Gasteiger partial charge in [0.25, 0.3) is 5.91 Å². The fourth-order valence-corrected chi connectivity index (χ4v) is 3.67. The highest BCUT2D eigenvalue weighted by Gasteiger charge is 2.10. The van der Waals surface area contributed by atoms with E-state index in [4.69, 9.17) is 4.74 Å². The smallest absolute Gasteiger partial charge is 0.264 e. The van der Waals surface area contributed by atoms with Crippen LogP contribution >= 0.6 is 23.1 Å². The molecule has 0 saturated carbocycles. The summed E-state index contributed by atoms with van der Waals surface area (Å²) in [6, 6.07) is 5.89. The van der Waals surface area contributed by atoms with Gasteiger partial charge in [-0.25, -0.2) is 0 Å². The normalized spacial score (nSPS) is 10.7. The Bertz CT molecular complexity index is 714. The number of ether oxygens (including phenoxy) is 1. The summed E-state index contributed by atoms with van der Waals surface area (Å²) in [7, 11) is 0. The number of nitrogens with one attached hydrogen (secondary N) is 1. The van der Waals surface area contributed by atoms with E-state index < -0.39 is 0 Å². The number of carbonyl (C=O) groups excluding carboxylic acids is 1. The fraction of sp³-hybridized carbons (Fsp3) is 0.353. The van der Waals surface area contributed by atoms with Gasteiger partial charge in [0.1, 0.15) is 5.75 Å². The van der Waals surface area contributed by atoms with E-state index in [0.29, 0.717) is 16.8 Å². The Morgan fingerprint density at radius 1 is 1.46 bits per heavy atom. The lowest BCUT2D eigenvalue weighted by molar-refractivity contribution is -0.118. The standard InChI is InChI=1S/C17H21N3O2S2/c1-5-8-23-17-20-19-16(24-17)18-15(21)10-22-13-6-7-14(11(2)3)12(4)9-13/h5-7,9,11H,1,8,10H2,2-4H3,(H,18,19,21). The summed E-state index contributed by atoms with van der Waals surface area (Å²) in [5.41, 5.74) is 2.45. The van der Waals surface area contributed by atoms with Gasteiger partial charge in [-0.2, -0.15) is 0 Å². The predicted octanol–water partition coefficient (Wildman–Crippen LogP) is 4.27. The molecule has 1 N–H and O–H groups in total. The van der Waals surface area contributed by atoms with Gasteiger partial charge in [-0.15, -0.1) is 16.8 Å². The van der Waals surface area contributed by atoms with E-state index >= 15 is 0 Å². The summed E-state index contributed by atoms with van der Waals surface area (Å²) in [6.07, 6.45) is 1.80. The fourth-order valence-electron chi connectivity index (χ4n) is 2.14. The molecule has 24 heavy (non-hydrogen) atoms. The van der Waals surface area contributed by atoms with Gasteiger partial charge >= 0.3 is 0 Å². The number of amides is 1. The minimum atomic E-state index is -0.253. The maximum absolute atomic E-state index is 11.9. The van der Waals surface area contributed by atoms with Crippen LogP contribution in [0.5, 0.6) is 5.75 Å². The zero-order valence-electron chi connectivity index (χ0n) is 14.0. The van der Waals surface area contributed by atoms with Gasteiger partial charge in [0.2, 0.25) is 5.13 Å². The second-order valence-corrected chi connectivity index (χ2v) is 7.73. The van der Waals surface area contributed by atoms with E-state index in [1.807, 2.05) is 25.1 Å². The Balaban J connectivity index is 1.85. The second kappa shape index (κ2) is 8.84. The first-order valence-corrected chi connectivity index (χ1v) is 9.40. The molecule has 0 unspecified atom stereocenters. The monoisotopic (exact) mass is 363 g/mol. The number of anilines is 1. The molecule has 0 radical (unpaired) electrons. The number of carbonyl (C=O) groups is 1. The number of aryl methyl sites for hydroxylation is 1. The van der Waals surface area contributed by atoms with Crippen LogP contribution in [-0.4, -0.2) is 28.5 Å². The predicted molar refractivity (Wildman–Crippen MR) is 100 cm³/mol. The van der Waals surface area contributed by atoms with Crippen molar-refractivity contribution < 1.29 is 9.53 Å². The van der Waals surface area contributed by atoms with Crippen LogP contribution in [-0.2, 0) is 4.79 Å². The van der Waals surface area contributed by atoms with Crippen molar-refractivity contribution >= 4 is 34.1 Å². The molecule has 0 saturated heterocycles. The molecule has 0 spiro atoms. The zero-order valence-corrected chi connectivity index (χ0v) is 15.7. The molecule has 1 aromatic carbocycles. The lowest BCUT2D eigenvalue weighted by atomic mass is 9.98. The first-order valence-electron chi connectivity index (χ1n) is 7.60. The number of nitrogens with zero attached hydrogens (tertiary/aromatic N) is 2. The summed E-state index contributed by atoms with van der Waals surface area (Å²) in [6.45, 7) is 9.95. The number of rotatable bonds is 8. The largest absolute Gasteiger partial charge is 0.484 e. The number of aromatic nitrogens is 2. The van der Waals surface area contributed by atoms with Crippen molar-refractivity contribution in [3.63, 3.8) is 0 Å². The summed E-state index contributed by atoms with van der Waals surface area (Å²) < 4.78 is 6.35. The van der Waals surface area contributed by atoms with Gasteiger partial charge in [0.15, 0.2) is 10.9 Å². The Labute approximate surface area is 150 Å². The van der Waals surface area contributed by atoms with Gasteiger partial charge < -0.3 is 4.74 Å². The van der Waals surface area contributed by atoms with Crippen molar-refractivity contribution in [1.82, 2.24) is 10.2 Å². The van der Waals surface area contributed by atoms with E-state index in [0.717, 1.165) is 15.7 Å². The van der Waals surface area contributed by atoms with E-state index in [2.05, 4.69) is 35.9 Å². The van der Waals surface area contributed by atoms with Crippen LogP contribution in [0, 0.1) is 6.92 Å². The molecule has 1 amide bonds. The molecule has 128 valence electrons. The van der Waals surface area contributed by atoms with Gasteiger partial charge in [0.05, 0.1) is 0 Å². The van der Waals surface area contributed by atoms with Crippen LogP contribution in [0.4, 0.5) is 5.13 Å². The highest BCUT2D eigenvalue weighted by atomic mass is 32.2. The lowest BCUT2D eigenvalue weighted by Crippen LogP contribution is -2.20. The Kier molecular flexibility index (Phi) is 6.81. The van der Waals surface area contributed by atoms with Gasteiger partial charge in [-0.1, -0.05) is 49.1 Å². The van der Waals surface area contributed by atoms with Crippen LogP contribution in [0.3, 0.4) is 0 Å². The quantitative estimate of drug-likeness (QED) is 0.431. The molecule has 1 aromatic heterocycles. The van der Waals surface area contributed by atoms with Crippen molar-refractivity contribution in [3.8, 4) is 5.75 Å². The summed E-state index contributed by atoms with van der Waals surface area (Å²) in [5.74, 6) is 1.66. The van der Waals surface area contributed by atoms with Gasteiger partial charge in [-0.3, -0.25) is 10.1 Å². The minimum absolute atomic E-state index is 0.0603. The summed E-state index contributed by atoms with van der Waals surface area (Å²) >= 11 is 2.86. The van der Waals surface area contributed by atoms with Crippen molar-refractivity contribution in [2.45, 2.75) is 31.0 Å². The van der Waals surface area contributed by atoms with E-state index in [-0.39, 0.29) is 12.5 Å². The highest BCUT2D eigenvalue weighted by molar-refractivity contribution is 8.01. The number of hydrogen-bond acceptors (Lipinski definition) is 6. The maximum Gasteiger partial charge on any atom is 0.264 e. The van der Waals surface area contributed by atoms with Crippen LogP contribution in [0.25, 0.3) is 0 Å². The second-order valence-electron chi connectivity index (χ2n) is 5.48.